The van der Waals surface area contributed by atoms with Crippen molar-refractivity contribution in [3.05, 3.63) is 29.8 Å². The summed E-state index contributed by atoms with van der Waals surface area (Å²) in [6.45, 7) is 6.18. The largest absolute Gasteiger partial charge is 0.383 e. The maximum absolute atomic E-state index is 11.6. The van der Waals surface area contributed by atoms with Crippen molar-refractivity contribution in [1.29, 1.82) is 0 Å². The molecule has 2 rings (SSSR count). The van der Waals surface area contributed by atoms with Crippen LogP contribution in [0.3, 0.4) is 0 Å². The number of anilines is 1. The number of carbonyl (C=O) groups excluding carboxylic acids is 1. The molecule has 1 aromatic carbocycles. The van der Waals surface area contributed by atoms with Crippen LogP contribution in [0.1, 0.15) is 25.3 Å². The molecule has 7 nitrogen and oxygen atoms in total. The number of aliphatic imine (C=N–C) groups is 1. The lowest BCUT2D eigenvalue weighted by Gasteiger charge is -2.12. The van der Waals surface area contributed by atoms with E-state index in [2.05, 4.69) is 38.4 Å². The van der Waals surface area contributed by atoms with Crippen LogP contribution in [-0.2, 0) is 16.1 Å². The van der Waals surface area contributed by atoms with Gasteiger partial charge in [0, 0.05) is 44.9 Å². The smallest absolute Gasteiger partial charge is 0.223 e. The lowest BCUT2D eigenvalue weighted by molar-refractivity contribution is -0.122. The Balaban J connectivity index is 1.73. The molecular weight excluding hydrogens is 330 g/mol. The Kier molecular flexibility index (Phi) is 8.75. The molecule has 0 spiro atoms. The Morgan fingerprint density at radius 2 is 1.85 bits per heavy atom. The number of carbonyl (C=O) groups is 1. The molecule has 0 atom stereocenters. The lowest BCUT2D eigenvalue weighted by atomic mass is 10.2. The number of hydrogen-bond acceptors (Lipinski definition) is 4. The van der Waals surface area contributed by atoms with Gasteiger partial charge in [-0.3, -0.25) is 4.79 Å². The van der Waals surface area contributed by atoms with E-state index in [9.17, 15) is 4.79 Å². The summed E-state index contributed by atoms with van der Waals surface area (Å²) >= 11 is 0. The van der Waals surface area contributed by atoms with Gasteiger partial charge in [0.25, 0.3) is 0 Å². The first-order valence-electron chi connectivity index (χ1n) is 9.34. The molecule has 4 N–H and O–H groups in total. The number of guanidine groups is 1. The predicted octanol–water partition coefficient (Wildman–Crippen LogP) is 1.33. The first-order valence-corrected chi connectivity index (χ1v) is 9.34. The molecule has 0 saturated heterocycles. The van der Waals surface area contributed by atoms with Crippen LogP contribution in [0.15, 0.2) is 29.3 Å². The molecule has 7 heteroatoms. The molecule has 1 saturated carbocycles. The fourth-order valence-corrected chi connectivity index (χ4v) is 2.39. The maximum atomic E-state index is 11.6. The molecule has 144 valence electrons. The van der Waals surface area contributed by atoms with Crippen molar-refractivity contribution in [2.75, 3.05) is 45.2 Å². The zero-order chi connectivity index (χ0) is 18.6. The van der Waals surface area contributed by atoms with Gasteiger partial charge in [-0.15, -0.1) is 0 Å². The van der Waals surface area contributed by atoms with E-state index in [1.807, 2.05) is 19.1 Å². The van der Waals surface area contributed by atoms with Crippen LogP contribution in [0.5, 0.6) is 0 Å². The molecule has 0 bridgehead atoms. The summed E-state index contributed by atoms with van der Waals surface area (Å²) in [5, 5.41) is 12.7. The zero-order valence-electron chi connectivity index (χ0n) is 15.8. The third kappa shape index (κ3) is 7.74. The summed E-state index contributed by atoms with van der Waals surface area (Å²) in [5.41, 5.74) is 2.22. The van der Waals surface area contributed by atoms with Gasteiger partial charge in [0.1, 0.15) is 0 Å². The molecule has 1 aliphatic rings. The van der Waals surface area contributed by atoms with E-state index in [1.54, 1.807) is 7.11 Å². The number of nitrogens with zero attached hydrogens (tertiary/aromatic N) is 1. The van der Waals surface area contributed by atoms with Gasteiger partial charge < -0.3 is 26.0 Å². The number of amides is 1. The van der Waals surface area contributed by atoms with Crippen molar-refractivity contribution in [2.45, 2.75) is 26.3 Å². The van der Waals surface area contributed by atoms with Crippen LogP contribution in [0, 0.1) is 5.92 Å². The highest BCUT2D eigenvalue weighted by Gasteiger charge is 2.28. The number of nitrogens with one attached hydrogen (secondary N) is 4. The SMILES string of the molecule is CCNC(=NCc1ccc(NCCOC)cc1)NCCNC(=O)C1CC1. The zero-order valence-corrected chi connectivity index (χ0v) is 15.8. The van der Waals surface area contributed by atoms with E-state index in [4.69, 9.17) is 4.74 Å². The molecule has 0 radical (unpaired) electrons. The second-order valence-electron chi connectivity index (χ2n) is 6.30. The van der Waals surface area contributed by atoms with E-state index < -0.39 is 0 Å². The highest BCUT2D eigenvalue weighted by molar-refractivity contribution is 5.81. The van der Waals surface area contributed by atoms with Gasteiger partial charge in [0.05, 0.1) is 13.2 Å². The quantitative estimate of drug-likeness (QED) is 0.271. The Labute approximate surface area is 156 Å². The van der Waals surface area contributed by atoms with Gasteiger partial charge in [-0.25, -0.2) is 4.99 Å². The van der Waals surface area contributed by atoms with Crippen LogP contribution in [0.25, 0.3) is 0 Å². The number of rotatable bonds is 11. The molecule has 26 heavy (non-hydrogen) atoms. The standard InChI is InChI=1S/C19H31N5O2/c1-3-20-19(23-11-10-22-18(25)16-6-7-16)24-14-15-4-8-17(9-5-15)21-12-13-26-2/h4-5,8-9,16,21H,3,6-7,10-14H2,1-2H3,(H,22,25)(H2,20,23,24). The third-order valence-electron chi connectivity index (χ3n) is 4.02. The summed E-state index contributed by atoms with van der Waals surface area (Å²) in [6.07, 6.45) is 2.06. The van der Waals surface area contributed by atoms with Crippen molar-refractivity contribution in [3.8, 4) is 0 Å². The second-order valence-corrected chi connectivity index (χ2v) is 6.30. The van der Waals surface area contributed by atoms with Gasteiger partial charge in [-0.1, -0.05) is 12.1 Å². The Bertz CT molecular complexity index is 570. The molecule has 1 fully saturated rings. The van der Waals surface area contributed by atoms with Gasteiger partial charge in [-0.2, -0.15) is 0 Å². The molecule has 0 unspecified atom stereocenters. The summed E-state index contributed by atoms with van der Waals surface area (Å²) < 4.78 is 5.03. The normalized spacial score (nSPS) is 14.0. The molecule has 0 heterocycles. The minimum atomic E-state index is 0.174. The third-order valence-corrected chi connectivity index (χ3v) is 4.02. The average molecular weight is 361 g/mol. The number of benzene rings is 1. The molecule has 1 aliphatic carbocycles. The van der Waals surface area contributed by atoms with E-state index in [-0.39, 0.29) is 11.8 Å². The van der Waals surface area contributed by atoms with Crippen LogP contribution in [-0.4, -0.2) is 51.8 Å². The average Bonchev–Trinajstić information content (AvgIpc) is 3.49. The topological polar surface area (TPSA) is 86.8 Å². The monoisotopic (exact) mass is 361 g/mol. The van der Waals surface area contributed by atoms with Crippen molar-refractivity contribution in [1.82, 2.24) is 16.0 Å². The van der Waals surface area contributed by atoms with Crippen molar-refractivity contribution in [2.24, 2.45) is 10.9 Å². The van der Waals surface area contributed by atoms with Gasteiger partial charge >= 0.3 is 0 Å². The van der Waals surface area contributed by atoms with Gasteiger partial charge in [-0.05, 0) is 37.5 Å². The molecule has 0 aromatic heterocycles. The summed E-state index contributed by atoms with van der Waals surface area (Å²) in [5.74, 6) is 1.19. The van der Waals surface area contributed by atoms with Crippen molar-refractivity contribution >= 4 is 17.6 Å². The van der Waals surface area contributed by atoms with Gasteiger partial charge in [0.2, 0.25) is 5.91 Å². The summed E-state index contributed by atoms with van der Waals surface area (Å²) in [7, 11) is 1.69. The van der Waals surface area contributed by atoms with E-state index in [0.717, 1.165) is 43.1 Å². The minimum Gasteiger partial charge on any atom is -0.383 e. The first kappa shape index (κ1) is 20.0. The van der Waals surface area contributed by atoms with E-state index in [1.165, 1.54) is 0 Å². The van der Waals surface area contributed by atoms with Crippen LogP contribution >= 0.6 is 0 Å². The highest BCUT2D eigenvalue weighted by atomic mass is 16.5. The Morgan fingerprint density at radius 3 is 2.50 bits per heavy atom. The second kappa shape index (κ2) is 11.4. The number of hydrogen-bond donors (Lipinski definition) is 4. The van der Waals surface area contributed by atoms with Crippen LogP contribution in [0.2, 0.25) is 0 Å². The lowest BCUT2D eigenvalue weighted by Crippen LogP contribution is -2.41. The van der Waals surface area contributed by atoms with E-state index in [0.29, 0.717) is 26.2 Å². The maximum Gasteiger partial charge on any atom is 0.223 e. The summed E-state index contributed by atoms with van der Waals surface area (Å²) in [6, 6.07) is 8.23. The first-order chi connectivity index (χ1) is 12.7. The highest BCUT2D eigenvalue weighted by Crippen LogP contribution is 2.28. The Hall–Kier alpha value is -2.28. The summed E-state index contributed by atoms with van der Waals surface area (Å²) in [4.78, 5) is 16.2. The fraction of sp³-hybridized carbons (Fsp3) is 0.579. The van der Waals surface area contributed by atoms with E-state index >= 15 is 0 Å². The Morgan fingerprint density at radius 1 is 1.12 bits per heavy atom. The molecule has 0 aliphatic heterocycles. The molecular formula is C19H31N5O2. The molecule has 1 amide bonds. The van der Waals surface area contributed by atoms with Crippen molar-refractivity contribution < 1.29 is 9.53 Å². The van der Waals surface area contributed by atoms with Crippen LogP contribution < -0.4 is 21.3 Å². The molecule has 1 aromatic rings. The predicted molar refractivity (Wildman–Crippen MR) is 105 cm³/mol. The van der Waals surface area contributed by atoms with Crippen molar-refractivity contribution in [3.63, 3.8) is 0 Å². The number of methoxy groups -OCH3 is 1. The van der Waals surface area contributed by atoms with Crippen LogP contribution in [0.4, 0.5) is 5.69 Å². The minimum absolute atomic E-state index is 0.174. The van der Waals surface area contributed by atoms with Gasteiger partial charge in [0.15, 0.2) is 5.96 Å². The number of ether oxygens (including phenoxy) is 1. The fourth-order valence-electron chi connectivity index (χ4n) is 2.39.